The Morgan fingerprint density at radius 2 is 2.05 bits per heavy atom. The van der Waals surface area contributed by atoms with Crippen LogP contribution in [0.2, 0.25) is 0 Å². The highest BCUT2D eigenvalue weighted by atomic mass is 16.5. The number of nitrogens with one attached hydrogen (secondary N) is 1. The fourth-order valence-electron chi connectivity index (χ4n) is 1.86. The van der Waals surface area contributed by atoms with Crippen molar-refractivity contribution >= 4 is 12.0 Å². The van der Waals surface area contributed by atoms with E-state index >= 15 is 0 Å². The number of carbonyl (C=O) groups excluding carboxylic acids is 1. The van der Waals surface area contributed by atoms with Crippen LogP contribution in [0, 0.1) is 0 Å². The standard InChI is InChI=1S/C13H24N2O4/c1-2-3-4-8-19-11-9-15(10-11)13(18)14-7-5-6-12(16)17/h11H,2-10H2,1H3,(H,14,18)(H,16,17). The first-order valence-corrected chi connectivity index (χ1v) is 6.99. The fraction of sp³-hybridized carbons (Fsp3) is 0.846. The predicted molar refractivity (Wildman–Crippen MR) is 71.1 cm³/mol. The van der Waals surface area contributed by atoms with Crippen molar-refractivity contribution < 1.29 is 19.4 Å². The van der Waals surface area contributed by atoms with Crippen LogP contribution in [0.15, 0.2) is 0 Å². The molecule has 2 amide bonds. The van der Waals surface area contributed by atoms with Crippen molar-refractivity contribution in [1.29, 1.82) is 0 Å². The number of aliphatic carboxylic acids is 1. The summed E-state index contributed by atoms with van der Waals surface area (Å²) in [6.07, 6.45) is 4.16. The number of carboxylic acid groups (broad SMARTS) is 1. The van der Waals surface area contributed by atoms with E-state index in [1.807, 2.05) is 0 Å². The first-order chi connectivity index (χ1) is 9.13. The van der Waals surface area contributed by atoms with E-state index in [2.05, 4.69) is 12.2 Å². The number of likely N-dealkylation sites (tertiary alicyclic amines) is 1. The molecule has 1 saturated heterocycles. The van der Waals surface area contributed by atoms with Crippen LogP contribution >= 0.6 is 0 Å². The minimum absolute atomic E-state index is 0.0868. The van der Waals surface area contributed by atoms with Crippen LogP contribution in [0.3, 0.4) is 0 Å². The summed E-state index contributed by atoms with van der Waals surface area (Å²) in [5.74, 6) is -0.834. The zero-order chi connectivity index (χ0) is 14.1. The molecular formula is C13H24N2O4. The second-order valence-corrected chi connectivity index (χ2v) is 4.83. The Balaban J connectivity index is 1.97. The van der Waals surface area contributed by atoms with Gasteiger partial charge >= 0.3 is 12.0 Å². The highest BCUT2D eigenvalue weighted by molar-refractivity contribution is 5.75. The largest absolute Gasteiger partial charge is 0.481 e. The highest BCUT2D eigenvalue weighted by Gasteiger charge is 2.30. The van der Waals surface area contributed by atoms with Crippen molar-refractivity contribution in [2.24, 2.45) is 0 Å². The first kappa shape index (κ1) is 15.8. The Labute approximate surface area is 114 Å². The van der Waals surface area contributed by atoms with E-state index in [0.29, 0.717) is 26.1 Å². The third kappa shape index (κ3) is 6.42. The van der Waals surface area contributed by atoms with Crippen LogP contribution in [-0.2, 0) is 9.53 Å². The van der Waals surface area contributed by atoms with Crippen molar-refractivity contribution in [1.82, 2.24) is 10.2 Å². The molecule has 6 nitrogen and oxygen atoms in total. The molecule has 0 radical (unpaired) electrons. The first-order valence-electron chi connectivity index (χ1n) is 6.99. The number of hydrogen-bond donors (Lipinski definition) is 2. The molecule has 6 heteroatoms. The van der Waals surface area contributed by atoms with Gasteiger partial charge in [0.2, 0.25) is 0 Å². The molecule has 0 aromatic rings. The molecule has 1 heterocycles. The minimum Gasteiger partial charge on any atom is -0.481 e. The number of amides is 2. The fourth-order valence-corrected chi connectivity index (χ4v) is 1.86. The number of carboxylic acids is 1. The molecule has 0 aliphatic carbocycles. The molecule has 0 aromatic carbocycles. The number of ether oxygens (including phenoxy) is 1. The summed E-state index contributed by atoms with van der Waals surface area (Å²) in [4.78, 5) is 23.6. The number of urea groups is 1. The average molecular weight is 272 g/mol. The SMILES string of the molecule is CCCCCOC1CN(C(=O)NCCCC(=O)O)C1. The lowest BCUT2D eigenvalue weighted by Gasteiger charge is -2.38. The van der Waals surface area contributed by atoms with Gasteiger partial charge in [-0.3, -0.25) is 4.79 Å². The zero-order valence-electron chi connectivity index (χ0n) is 11.6. The van der Waals surface area contributed by atoms with Gasteiger partial charge in [-0.1, -0.05) is 19.8 Å². The molecule has 19 heavy (non-hydrogen) atoms. The Morgan fingerprint density at radius 1 is 1.32 bits per heavy atom. The van der Waals surface area contributed by atoms with Gasteiger partial charge in [-0.05, 0) is 12.8 Å². The quantitative estimate of drug-likeness (QED) is 0.623. The summed E-state index contributed by atoms with van der Waals surface area (Å²) in [5, 5.41) is 11.2. The van der Waals surface area contributed by atoms with Crippen LogP contribution in [0.1, 0.15) is 39.0 Å². The van der Waals surface area contributed by atoms with Crippen molar-refractivity contribution in [2.45, 2.75) is 45.1 Å². The number of rotatable bonds is 9. The maximum atomic E-state index is 11.6. The van der Waals surface area contributed by atoms with Gasteiger partial charge in [-0.15, -0.1) is 0 Å². The van der Waals surface area contributed by atoms with E-state index in [4.69, 9.17) is 9.84 Å². The molecule has 0 aromatic heterocycles. The lowest BCUT2D eigenvalue weighted by atomic mass is 10.2. The van der Waals surface area contributed by atoms with E-state index in [-0.39, 0.29) is 18.6 Å². The Hall–Kier alpha value is -1.30. The molecule has 110 valence electrons. The molecule has 0 unspecified atom stereocenters. The minimum atomic E-state index is -0.834. The van der Waals surface area contributed by atoms with Gasteiger partial charge in [0.1, 0.15) is 0 Å². The van der Waals surface area contributed by atoms with E-state index in [0.717, 1.165) is 13.0 Å². The summed E-state index contributed by atoms with van der Waals surface area (Å²) in [6, 6.07) is -0.126. The second kappa shape index (κ2) is 8.74. The van der Waals surface area contributed by atoms with Gasteiger partial charge in [0.15, 0.2) is 0 Å². The molecule has 1 rings (SSSR count). The number of hydrogen-bond acceptors (Lipinski definition) is 3. The van der Waals surface area contributed by atoms with E-state index in [1.54, 1.807) is 4.90 Å². The summed E-state index contributed by atoms with van der Waals surface area (Å²) in [6.45, 7) is 4.60. The molecule has 0 bridgehead atoms. The van der Waals surface area contributed by atoms with Crippen LogP contribution in [0.4, 0.5) is 4.79 Å². The van der Waals surface area contributed by atoms with Crippen LogP contribution in [0.5, 0.6) is 0 Å². The van der Waals surface area contributed by atoms with E-state index < -0.39 is 5.97 Å². The highest BCUT2D eigenvalue weighted by Crippen LogP contribution is 2.12. The lowest BCUT2D eigenvalue weighted by molar-refractivity contribution is -0.137. The maximum Gasteiger partial charge on any atom is 0.317 e. The third-order valence-electron chi connectivity index (χ3n) is 3.08. The molecule has 1 aliphatic rings. The lowest BCUT2D eigenvalue weighted by Crippen LogP contribution is -2.57. The third-order valence-corrected chi connectivity index (χ3v) is 3.08. The molecule has 1 fully saturated rings. The maximum absolute atomic E-state index is 11.6. The number of nitrogens with zero attached hydrogens (tertiary/aromatic N) is 1. The average Bonchev–Trinajstić information content (AvgIpc) is 2.31. The Morgan fingerprint density at radius 3 is 2.68 bits per heavy atom. The van der Waals surface area contributed by atoms with Gasteiger partial charge < -0.3 is 20.1 Å². The Kier molecular flexibility index (Phi) is 7.25. The van der Waals surface area contributed by atoms with Gasteiger partial charge in [-0.25, -0.2) is 4.79 Å². The Bertz CT molecular complexity index is 290. The van der Waals surface area contributed by atoms with Gasteiger partial charge in [-0.2, -0.15) is 0 Å². The molecule has 2 N–H and O–H groups in total. The van der Waals surface area contributed by atoms with E-state index in [1.165, 1.54) is 12.8 Å². The summed E-state index contributed by atoms with van der Waals surface area (Å²) < 4.78 is 5.62. The van der Waals surface area contributed by atoms with Crippen molar-refractivity contribution in [3.63, 3.8) is 0 Å². The summed E-state index contributed by atoms with van der Waals surface area (Å²) in [5.41, 5.74) is 0. The van der Waals surface area contributed by atoms with Crippen molar-refractivity contribution in [2.75, 3.05) is 26.2 Å². The van der Waals surface area contributed by atoms with Gasteiger partial charge in [0.05, 0.1) is 19.2 Å². The summed E-state index contributed by atoms with van der Waals surface area (Å²) in [7, 11) is 0. The molecular weight excluding hydrogens is 248 g/mol. The molecule has 0 atom stereocenters. The van der Waals surface area contributed by atoms with Crippen LogP contribution in [-0.4, -0.2) is 54.4 Å². The molecule has 1 aliphatic heterocycles. The monoisotopic (exact) mass is 272 g/mol. The molecule has 0 spiro atoms. The molecule has 0 saturated carbocycles. The van der Waals surface area contributed by atoms with Crippen molar-refractivity contribution in [3.05, 3.63) is 0 Å². The van der Waals surface area contributed by atoms with Gasteiger partial charge in [0, 0.05) is 19.6 Å². The zero-order valence-corrected chi connectivity index (χ0v) is 11.6. The summed E-state index contributed by atoms with van der Waals surface area (Å²) >= 11 is 0. The number of unbranched alkanes of at least 4 members (excludes halogenated alkanes) is 2. The number of carbonyl (C=O) groups is 2. The van der Waals surface area contributed by atoms with Gasteiger partial charge in [0.25, 0.3) is 0 Å². The van der Waals surface area contributed by atoms with Crippen LogP contribution < -0.4 is 5.32 Å². The topological polar surface area (TPSA) is 78.9 Å². The normalized spacial score (nSPS) is 15.1. The van der Waals surface area contributed by atoms with Crippen LogP contribution in [0.25, 0.3) is 0 Å². The van der Waals surface area contributed by atoms with Crippen molar-refractivity contribution in [3.8, 4) is 0 Å². The predicted octanol–water partition coefficient (Wildman–Crippen LogP) is 1.45. The second-order valence-electron chi connectivity index (χ2n) is 4.83. The smallest absolute Gasteiger partial charge is 0.317 e. The van der Waals surface area contributed by atoms with E-state index in [9.17, 15) is 9.59 Å².